The number of rotatable bonds is 3. The Balaban J connectivity index is 1.55. The number of nitrogens with zero attached hydrogens (tertiary/aromatic N) is 7. The van der Waals surface area contributed by atoms with Crippen LogP contribution in [-0.4, -0.2) is 41.5 Å². The summed E-state index contributed by atoms with van der Waals surface area (Å²) in [5, 5.41) is 16.4. The van der Waals surface area contributed by atoms with Crippen LogP contribution < -0.4 is 4.90 Å². The van der Waals surface area contributed by atoms with Gasteiger partial charge in [-0.1, -0.05) is 37.3 Å². The van der Waals surface area contributed by atoms with Crippen molar-refractivity contribution in [3.8, 4) is 28.3 Å². The van der Waals surface area contributed by atoms with Crippen molar-refractivity contribution in [2.45, 2.75) is 38.6 Å². The second kappa shape index (κ2) is 6.22. The third-order valence-electron chi connectivity index (χ3n) is 6.50. The summed E-state index contributed by atoms with van der Waals surface area (Å²) in [5.41, 5.74) is 3.69. The number of fused-ring (bicyclic) bond motifs is 6. The highest BCUT2D eigenvalue weighted by molar-refractivity contribution is 5.78. The smallest absolute Gasteiger partial charge is 0.165 e. The molecule has 1 N–H and O–H groups in total. The van der Waals surface area contributed by atoms with Gasteiger partial charge in [0, 0.05) is 12.1 Å². The molecule has 0 saturated carbocycles. The van der Waals surface area contributed by atoms with E-state index in [0.29, 0.717) is 5.82 Å². The molecule has 0 bridgehead atoms. The van der Waals surface area contributed by atoms with Gasteiger partial charge >= 0.3 is 0 Å². The van der Waals surface area contributed by atoms with Crippen LogP contribution in [0.15, 0.2) is 42.7 Å². The van der Waals surface area contributed by atoms with Crippen LogP contribution in [-0.2, 0) is 5.54 Å². The van der Waals surface area contributed by atoms with Crippen LogP contribution in [0.1, 0.15) is 37.8 Å². The van der Waals surface area contributed by atoms with E-state index in [9.17, 15) is 0 Å². The molecule has 4 aromatic rings. The van der Waals surface area contributed by atoms with Crippen LogP contribution in [0.3, 0.4) is 0 Å². The number of benzene rings is 1. The SMILES string of the molecule is CCC12CCCN1c1nc(-c3cn[nH]c3-c3ccccc3)ncc1-n1c(C)nnc12. The molecule has 1 saturated heterocycles. The van der Waals surface area contributed by atoms with Gasteiger partial charge in [0.15, 0.2) is 17.5 Å². The molecule has 3 aromatic heterocycles. The van der Waals surface area contributed by atoms with E-state index in [0.717, 1.165) is 65.8 Å². The minimum atomic E-state index is -0.154. The second-order valence-electron chi connectivity index (χ2n) is 7.97. The van der Waals surface area contributed by atoms with Gasteiger partial charge in [-0.15, -0.1) is 10.2 Å². The maximum Gasteiger partial charge on any atom is 0.165 e. The highest BCUT2D eigenvalue weighted by Gasteiger charge is 2.50. The number of hydrogen-bond donors (Lipinski definition) is 1. The minimum Gasteiger partial charge on any atom is -0.342 e. The summed E-state index contributed by atoms with van der Waals surface area (Å²) in [6.07, 6.45) is 6.84. The monoisotopic (exact) mass is 398 g/mol. The lowest BCUT2D eigenvalue weighted by atomic mass is 9.90. The van der Waals surface area contributed by atoms with Crippen molar-refractivity contribution in [2.24, 2.45) is 0 Å². The fourth-order valence-corrected chi connectivity index (χ4v) is 5.03. The van der Waals surface area contributed by atoms with Gasteiger partial charge in [0.25, 0.3) is 0 Å². The molecule has 8 heteroatoms. The summed E-state index contributed by atoms with van der Waals surface area (Å²) >= 11 is 0. The van der Waals surface area contributed by atoms with Crippen molar-refractivity contribution in [3.63, 3.8) is 0 Å². The van der Waals surface area contributed by atoms with Crippen LogP contribution in [0.5, 0.6) is 0 Å². The van der Waals surface area contributed by atoms with Crippen molar-refractivity contribution in [2.75, 3.05) is 11.4 Å². The predicted molar refractivity (Wildman–Crippen MR) is 113 cm³/mol. The molecule has 2 aliphatic rings. The highest BCUT2D eigenvalue weighted by Crippen LogP contribution is 2.49. The molecule has 0 aliphatic carbocycles. The molecule has 150 valence electrons. The predicted octanol–water partition coefficient (Wildman–Crippen LogP) is 3.64. The molecule has 5 heterocycles. The van der Waals surface area contributed by atoms with Gasteiger partial charge in [-0.3, -0.25) is 9.67 Å². The molecule has 0 amide bonds. The normalized spacial score (nSPS) is 19.5. The lowest BCUT2D eigenvalue weighted by Gasteiger charge is -2.42. The fourth-order valence-electron chi connectivity index (χ4n) is 5.03. The van der Waals surface area contributed by atoms with Crippen LogP contribution in [0.2, 0.25) is 0 Å². The van der Waals surface area contributed by atoms with Gasteiger partial charge in [-0.05, 0) is 26.2 Å². The molecule has 1 atom stereocenters. The highest BCUT2D eigenvalue weighted by atomic mass is 15.4. The number of aromatic nitrogens is 7. The van der Waals surface area contributed by atoms with Crippen LogP contribution in [0.25, 0.3) is 28.3 Å². The zero-order valence-corrected chi connectivity index (χ0v) is 17.0. The van der Waals surface area contributed by atoms with E-state index in [4.69, 9.17) is 9.97 Å². The maximum absolute atomic E-state index is 5.08. The maximum atomic E-state index is 5.08. The average Bonchev–Trinajstić information content (AvgIpc) is 3.52. The second-order valence-corrected chi connectivity index (χ2v) is 7.97. The molecule has 0 radical (unpaired) electrons. The Kier molecular flexibility index (Phi) is 3.59. The molecule has 6 rings (SSSR count). The van der Waals surface area contributed by atoms with Crippen molar-refractivity contribution >= 4 is 5.82 Å². The third kappa shape index (κ3) is 2.18. The largest absolute Gasteiger partial charge is 0.342 e. The summed E-state index contributed by atoms with van der Waals surface area (Å²) in [7, 11) is 0. The minimum absolute atomic E-state index is 0.154. The Labute approximate surface area is 174 Å². The first kappa shape index (κ1) is 17.3. The number of nitrogens with one attached hydrogen (secondary N) is 1. The first-order valence-electron chi connectivity index (χ1n) is 10.4. The van der Waals surface area contributed by atoms with E-state index in [1.807, 2.05) is 31.3 Å². The van der Waals surface area contributed by atoms with Crippen molar-refractivity contribution in [1.82, 2.24) is 34.9 Å². The first-order valence-corrected chi connectivity index (χ1v) is 10.4. The Bertz CT molecular complexity index is 1240. The molecule has 1 unspecified atom stereocenters. The Morgan fingerprint density at radius 3 is 2.83 bits per heavy atom. The molecule has 30 heavy (non-hydrogen) atoms. The summed E-state index contributed by atoms with van der Waals surface area (Å²) in [6, 6.07) is 10.2. The number of anilines is 1. The molecule has 1 aromatic carbocycles. The standard InChI is InChI=1S/C22H22N8/c1-3-22-10-7-11-29(22)20-17(30-14(2)26-28-21(22)30)13-23-19(25-20)16-12-24-27-18(16)15-8-5-4-6-9-15/h4-6,8-9,12-13H,3,7,10-11H2,1-2H3,(H,24,27). The lowest BCUT2D eigenvalue weighted by molar-refractivity contribution is 0.381. The number of hydrogen-bond acceptors (Lipinski definition) is 6. The summed E-state index contributed by atoms with van der Waals surface area (Å²) in [4.78, 5) is 12.2. The Morgan fingerprint density at radius 1 is 1.13 bits per heavy atom. The van der Waals surface area contributed by atoms with E-state index < -0.39 is 0 Å². The van der Waals surface area contributed by atoms with Crippen molar-refractivity contribution < 1.29 is 0 Å². The first-order chi connectivity index (χ1) is 14.7. The van der Waals surface area contributed by atoms with Crippen molar-refractivity contribution in [3.05, 3.63) is 54.4 Å². The van der Waals surface area contributed by atoms with E-state index in [1.54, 1.807) is 6.20 Å². The molecular weight excluding hydrogens is 376 g/mol. The molecule has 0 spiro atoms. The fraction of sp³-hybridized carbons (Fsp3) is 0.318. The summed E-state index contributed by atoms with van der Waals surface area (Å²) in [6.45, 7) is 5.18. The van der Waals surface area contributed by atoms with Gasteiger partial charge in [-0.2, -0.15) is 5.10 Å². The molecule has 2 aliphatic heterocycles. The quantitative estimate of drug-likeness (QED) is 0.567. The summed E-state index contributed by atoms with van der Waals surface area (Å²) in [5.74, 6) is 3.51. The molecule has 8 nitrogen and oxygen atoms in total. The van der Waals surface area contributed by atoms with E-state index in [-0.39, 0.29) is 5.54 Å². The third-order valence-corrected chi connectivity index (χ3v) is 6.50. The van der Waals surface area contributed by atoms with Crippen LogP contribution in [0, 0.1) is 6.92 Å². The Hall–Kier alpha value is -3.55. The Morgan fingerprint density at radius 2 is 2.00 bits per heavy atom. The van der Waals surface area contributed by atoms with E-state index in [1.165, 1.54) is 0 Å². The number of H-pyrrole nitrogens is 1. The number of aromatic amines is 1. The van der Waals surface area contributed by atoms with Crippen LogP contribution >= 0.6 is 0 Å². The summed E-state index contributed by atoms with van der Waals surface area (Å²) < 4.78 is 2.14. The van der Waals surface area contributed by atoms with Gasteiger partial charge in [0.2, 0.25) is 0 Å². The molecule has 1 fully saturated rings. The molecular formula is C22H22N8. The topological polar surface area (TPSA) is 88.4 Å². The van der Waals surface area contributed by atoms with Crippen molar-refractivity contribution in [1.29, 1.82) is 0 Å². The van der Waals surface area contributed by atoms with Crippen LogP contribution in [0.4, 0.5) is 5.82 Å². The zero-order chi connectivity index (χ0) is 20.3. The zero-order valence-electron chi connectivity index (χ0n) is 17.0. The van der Waals surface area contributed by atoms with E-state index in [2.05, 4.69) is 48.9 Å². The van der Waals surface area contributed by atoms with Gasteiger partial charge < -0.3 is 4.90 Å². The van der Waals surface area contributed by atoms with E-state index >= 15 is 0 Å². The van der Waals surface area contributed by atoms with Gasteiger partial charge in [0.1, 0.15) is 17.1 Å². The number of aryl methyl sites for hydroxylation is 1. The van der Waals surface area contributed by atoms with Gasteiger partial charge in [-0.25, -0.2) is 9.97 Å². The lowest BCUT2D eigenvalue weighted by Crippen LogP contribution is -2.47. The average molecular weight is 398 g/mol. The van der Waals surface area contributed by atoms with Gasteiger partial charge in [0.05, 0.1) is 23.7 Å².